The van der Waals surface area contributed by atoms with E-state index in [1.54, 1.807) is 13.8 Å². The SMILES string of the molecule is CCN(CC(C)C(=O)O)C(=O)c1ccc(F)cc1I. The molecule has 1 atom stereocenters. The van der Waals surface area contributed by atoms with Gasteiger partial charge in [0.15, 0.2) is 0 Å². The van der Waals surface area contributed by atoms with Crippen LogP contribution in [0.5, 0.6) is 0 Å². The predicted octanol–water partition coefficient (Wildman–Crippen LogP) is 2.61. The molecule has 1 unspecified atom stereocenters. The summed E-state index contributed by atoms with van der Waals surface area (Å²) in [5.74, 6) is -2.26. The molecule has 0 fully saturated rings. The second-order valence-electron chi connectivity index (χ2n) is 4.21. The Hall–Kier alpha value is -1.18. The van der Waals surface area contributed by atoms with Gasteiger partial charge in [-0.3, -0.25) is 9.59 Å². The number of rotatable bonds is 5. The van der Waals surface area contributed by atoms with Gasteiger partial charge in [-0.2, -0.15) is 0 Å². The molecule has 1 rings (SSSR count). The smallest absolute Gasteiger partial charge is 0.308 e. The molecule has 0 aromatic heterocycles. The van der Waals surface area contributed by atoms with Crippen molar-refractivity contribution in [2.75, 3.05) is 13.1 Å². The van der Waals surface area contributed by atoms with Crippen molar-refractivity contribution in [3.05, 3.63) is 33.1 Å². The molecule has 1 amide bonds. The zero-order chi connectivity index (χ0) is 14.6. The van der Waals surface area contributed by atoms with Gasteiger partial charge in [-0.05, 0) is 47.7 Å². The number of halogens is 2. The Balaban J connectivity index is 2.92. The van der Waals surface area contributed by atoms with Crippen molar-refractivity contribution in [1.82, 2.24) is 4.90 Å². The summed E-state index contributed by atoms with van der Waals surface area (Å²) in [7, 11) is 0. The topological polar surface area (TPSA) is 57.6 Å². The third-order valence-corrected chi connectivity index (χ3v) is 3.64. The number of nitrogens with zero attached hydrogens (tertiary/aromatic N) is 1. The van der Waals surface area contributed by atoms with Crippen LogP contribution in [-0.2, 0) is 4.79 Å². The van der Waals surface area contributed by atoms with Crippen molar-refractivity contribution < 1.29 is 19.1 Å². The second-order valence-corrected chi connectivity index (χ2v) is 5.37. The first-order valence-electron chi connectivity index (χ1n) is 5.84. The van der Waals surface area contributed by atoms with Crippen LogP contribution in [0.1, 0.15) is 24.2 Å². The number of hydrogen-bond acceptors (Lipinski definition) is 2. The lowest BCUT2D eigenvalue weighted by Gasteiger charge is -2.23. The molecule has 19 heavy (non-hydrogen) atoms. The summed E-state index contributed by atoms with van der Waals surface area (Å²) in [4.78, 5) is 24.6. The van der Waals surface area contributed by atoms with Crippen LogP contribution in [-0.4, -0.2) is 35.0 Å². The molecular formula is C13H15FINO3. The number of hydrogen-bond donors (Lipinski definition) is 1. The highest BCUT2D eigenvalue weighted by Crippen LogP contribution is 2.17. The van der Waals surface area contributed by atoms with Crippen LogP contribution in [0.25, 0.3) is 0 Å². The van der Waals surface area contributed by atoms with Crippen molar-refractivity contribution in [3.8, 4) is 0 Å². The van der Waals surface area contributed by atoms with E-state index in [0.717, 1.165) is 0 Å². The van der Waals surface area contributed by atoms with Crippen LogP contribution in [0.3, 0.4) is 0 Å². The van der Waals surface area contributed by atoms with Gasteiger partial charge in [0.2, 0.25) is 0 Å². The Morgan fingerprint density at radius 1 is 1.47 bits per heavy atom. The van der Waals surface area contributed by atoms with E-state index in [4.69, 9.17) is 5.11 Å². The van der Waals surface area contributed by atoms with E-state index in [2.05, 4.69) is 0 Å². The van der Waals surface area contributed by atoms with Gasteiger partial charge in [0.25, 0.3) is 5.91 Å². The van der Waals surface area contributed by atoms with Crippen molar-refractivity contribution in [2.24, 2.45) is 5.92 Å². The Morgan fingerprint density at radius 2 is 2.11 bits per heavy atom. The molecule has 1 aromatic carbocycles. The van der Waals surface area contributed by atoms with E-state index in [-0.39, 0.29) is 12.5 Å². The van der Waals surface area contributed by atoms with Crippen LogP contribution in [0, 0.1) is 15.3 Å². The maximum atomic E-state index is 13.0. The average molecular weight is 379 g/mol. The van der Waals surface area contributed by atoms with E-state index < -0.39 is 17.7 Å². The molecule has 0 aliphatic carbocycles. The fourth-order valence-corrected chi connectivity index (χ4v) is 2.31. The molecular weight excluding hydrogens is 364 g/mol. The van der Waals surface area contributed by atoms with Crippen molar-refractivity contribution >= 4 is 34.5 Å². The standard InChI is InChI=1S/C13H15FINO3/c1-3-16(7-8(2)13(18)19)12(17)10-5-4-9(14)6-11(10)15/h4-6,8H,3,7H2,1-2H3,(H,18,19). The highest BCUT2D eigenvalue weighted by atomic mass is 127. The van der Waals surface area contributed by atoms with Crippen molar-refractivity contribution in [3.63, 3.8) is 0 Å². The van der Waals surface area contributed by atoms with Crippen molar-refractivity contribution in [1.29, 1.82) is 0 Å². The molecule has 0 bridgehead atoms. The summed E-state index contributed by atoms with van der Waals surface area (Å²) in [6, 6.07) is 3.93. The first-order valence-corrected chi connectivity index (χ1v) is 6.91. The normalized spacial score (nSPS) is 12.0. The molecule has 0 aliphatic heterocycles. The van der Waals surface area contributed by atoms with Gasteiger partial charge < -0.3 is 10.0 Å². The average Bonchev–Trinajstić information content (AvgIpc) is 2.34. The molecule has 1 aromatic rings. The van der Waals surface area contributed by atoms with Gasteiger partial charge in [0.05, 0.1) is 11.5 Å². The number of amides is 1. The third-order valence-electron chi connectivity index (χ3n) is 2.75. The lowest BCUT2D eigenvalue weighted by molar-refractivity contribution is -0.141. The summed E-state index contributed by atoms with van der Waals surface area (Å²) < 4.78 is 13.5. The molecule has 6 heteroatoms. The minimum Gasteiger partial charge on any atom is -0.481 e. The number of benzene rings is 1. The zero-order valence-corrected chi connectivity index (χ0v) is 12.8. The largest absolute Gasteiger partial charge is 0.481 e. The fraction of sp³-hybridized carbons (Fsp3) is 0.385. The first-order chi connectivity index (χ1) is 8.86. The maximum Gasteiger partial charge on any atom is 0.308 e. The molecule has 0 heterocycles. The maximum absolute atomic E-state index is 13.0. The zero-order valence-electron chi connectivity index (χ0n) is 10.7. The first kappa shape index (κ1) is 15.9. The molecule has 0 radical (unpaired) electrons. The predicted molar refractivity (Wildman–Crippen MR) is 77.5 cm³/mol. The highest BCUT2D eigenvalue weighted by Gasteiger charge is 2.21. The van der Waals surface area contributed by atoms with Crippen LogP contribution < -0.4 is 0 Å². The third kappa shape index (κ3) is 4.15. The van der Waals surface area contributed by atoms with E-state index in [9.17, 15) is 14.0 Å². The van der Waals surface area contributed by atoms with Gasteiger partial charge in [0.1, 0.15) is 5.82 Å². The Labute approximate surface area is 124 Å². The van der Waals surface area contributed by atoms with Gasteiger partial charge in [-0.25, -0.2) is 4.39 Å². The van der Waals surface area contributed by atoms with Crippen LogP contribution in [0.15, 0.2) is 18.2 Å². The van der Waals surface area contributed by atoms with E-state index in [0.29, 0.717) is 15.7 Å². The summed E-state index contributed by atoms with van der Waals surface area (Å²) in [6.45, 7) is 3.87. The summed E-state index contributed by atoms with van der Waals surface area (Å²) in [6.07, 6.45) is 0. The number of carboxylic acid groups (broad SMARTS) is 1. The van der Waals surface area contributed by atoms with Gasteiger partial charge in [0, 0.05) is 16.7 Å². The molecule has 1 N–H and O–H groups in total. The van der Waals surface area contributed by atoms with Gasteiger partial charge >= 0.3 is 5.97 Å². The van der Waals surface area contributed by atoms with Gasteiger partial charge in [-0.15, -0.1) is 0 Å². The molecule has 4 nitrogen and oxygen atoms in total. The molecule has 104 valence electrons. The Bertz CT molecular complexity index is 493. The monoisotopic (exact) mass is 379 g/mol. The molecule has 0 aliphatic rings. The minimum absolute atomic E-state index is 0.137. The Kier molecular flexibility index (Phi) is 5.71. The molecule has 0 spiro atoms. The lowest BCUT2D eigenvalue weighted by Crippen LogP contribution is -2.37. The van der Waals surface area contributed by atoms with E-state index >= 15 is 0 Å². The lowest BCUT2D eigenvalue weighted by atomic mass is 10.1. The number of aliphatic carboxylic acids is 1. The van der Waals surface area contributed by atoms with Crippen LogP contribution >= 0.6 is 22.6 Å². The fourth-order valence-electron chi connectivity index (χ4n) is 1.60. The quantitative estimate of drug-likeness (QED) is 0.801. The molecule has 0 saturated heterocycles. The highest BCUT2D eigenvalue weighted by molar-refractivity contribution is 14.1. The number of carbonyl (C=O) groups is 2. The van der Waals surface area contributed by atoms with Crippen LogP contribution in [0.2, 0.25) is 0 Å². The van der Waals surface area contributed by atoms with E-state index in [1.165, 1.54) is 23.1 Å². The second kappa shape index (κ2) is 6.83. The number of carboxylic acids is 1. The van der Waals surface area contributed by atoms with Crippen LogP contribution in [0.4, 0.5) is 4.39 Å². The molecule has 0 saturated carbocycles. The number of carbonyl (C=O) groups excluding carboxylic acids is 1. The Morgan fingerprint density at radius 3 is 2.58 bits per heavy atom. The van der Waals surface area contributed by atoms with Crippen molar-refractivity contribution in [2.45, 2.75) is 13.8 Å². The summed E-state index contributed by atoms with van der Waals surface area (Å²) in [5.41, 5.74) is 0.390. The minimum atomic E-state index is -0.944. The van der Waals surface area contributed by atoms with E-state index in [1.807, 2.05) is 22.6 Å². The van der Waals surface area contributed by atoms with Gasteiger partial charge in [-0.1, -0.05) is 6.92 Å². The summed E-state index contributed by atoms with van der Waals surface area (Å²) in [5, 5.41) is 8.88. The summed E-state index contributed by atoms with van der Waals surface area (Å²) >= 11 is 1.89.